The number of aromatic nitrogens is 4. The predicted molar refractivity (Wildman–Crippen MR) is 119 cm³/mol. The Morgan fingerprint density at radius 3 is 2.32 bits per heavy atom. The van der Waals surface area contributed by atoms with Gasteiger partial charge in [0, 0.05) is 18.3 Å². The van der Waals surface area contributed by atoms with Crippen LogP contribution in [0.3, 0.4) is 0 Å². The van der Waals surface area contributed by atoms with E-state index in [9.17, 15) is 27.6 Å². The molecule has 0 aliphatic heterocycles. The molecule has 2 heterocycles. The summed E-state index contributed by atoms with van der Waals surface area (Å²) in [6.07, 6.45) is 0. The van der Waals surface area contributed by atoms with Gasteiger partial charge in [-0.1, -0.05) is 12.1 Å². The van der Waals surface area contributed by atoms with Gasteiger partial charge in [0.25, 0.3) is 5.56 Å². The Kier molecular flexibility index (Phi) is 6.10. The molecule has 0 atom stereocenters. The number of aryl methyl sites for hydroxylation is 2. The topological polar surface area (TPSA) is 90.9 Å². The van der Waals surface area contributed by atoms with E-state index in [0.717, 1.165) is 21.3 Å². The summed E-state index contributed by atoms with van der Waals surface area (Å²) in [5, 5.41) is 6.73. The van der Waals surface area contributed by atoms with Crippen LogP contribution in [0.4, 0.5) is 18.9 Å². The number of amides is 1. The van der Waals surface area contributed by atoms with Gasteiger partial charge in [-0.25, -0.2) is 18.0 Å². The molecule has 1 N–H and O–H groups in total. The quantitative estimate of drug-likeness (QED) is 0.468. The van der Waals surface area contributed by atoms with Crippen LogP contribution in [-0.2, 0) is 24.4 Å². The number of nitrogens with one attached hydrogen (secondary N) is 1. The summed E-state index contributed by atoms with van der Waals surface area (Å²) in [5.74, 6) is -3.35. The lowest BCUT2D eigenvalue weighted by Gasteiger charge is -2.13. The van der Waals surface area contributed by atoms with E-state index in [1.165, 1.54) is 35.0 Å². The van der Waals surface area contributed by atoms with Gasteiger partial charge >= 0.3 is 5.69 Å². The summed E-state index contributed by atoms with van der Waals surface area (Å²) in [5.41, 5.74) is -0.119. The number of benzene rings is 2. The van der Waals surface area contributed by atoms with E-state index in [2.05, 4.69) is 10.4 Å². The molecule has 4 aromatic rings. The van der Waals surface area contributed by atoms with Crippen LogP contribution in [0.2, 0.25) is 0 Å². The Morgan fingerprint density at radius 2 is 1.68 bits per heavy atom. The van der Waals surface area contributed by atoms with Gasteiger partial charge in [0.2, 0.25) is 5.91 Å². The first kappa shape index (κ1) is 23.0. The van der Waals surface area contributed by atoms with Gasteiger partial charge in [0.1, 0.15) is 17.9 Å². The molecule has 0 saturated heterocycles. The van der Waals surface area contributed by atoms with Gasteiger partial charge < -0.3 is 5.32 Å². The smallest absolute Gasteiger partial charge is 0.324 e. The maximum Gasteiger partial charge on any atom is 0.332 e. The van der Waals surface area contributed by atoms with Crippen molar-refractivity contribution in [1.82, 2.24) is 18.9 Å². The molecular formula is C23H20F3N5O3. The standard InChI is InChI=1S/C23H20F3N5O3/c1-3-31-21-20(13(2)28-31)29(12-19(32)27-16-8-9-17(25)18(26)10-16)23(34)30(22(21)33)11-14-4-6-15(24)7-5-14/h4-10H,3,11-12H2,1-2H3,(H,27,32). The van der Waals surface area contributed by atoms with Crippen molar-refractivity contribution < 1.29 is 18.0 Å². The molecule has 11 heteroatoms. The first-order chi connectivity index (χ1) is 16.2. The second-order valence-electron chi connectivity index (χ2n) is 7.66. The van der Waals surface area contributed by atoms with Crippen LogP contribution in [0.5, 0.6) is 0 Å². The molecule has 0 radical (unpaired) electrons. The molecule has 0 fully saturated rings. The van der Waals surface area contributed by atoms with Crippen molar-refractivity contribution >= 4 is 22.6 Å². The SMILES string of the molecule is CCn1nc(C)c2c1c(=O)n(Cc1ccc(F)cc1)c(=O)n2CC(=O)Nc1ccc(F)c(F)c1. The van der Waals surface area contributed by atoms with E-state index in [0.29, 0.717) is 17.8 Å². The zero-order chi connectivity index (χ0) is 24.6. The van der Waals surface area contributed by atoms with Crippen LogP contribution in [-0.4, -0.2) is 24.8 Å². The number of anilines is 1. The number of halogens is 3. The number of carbonyl (C=O) groups is 1. The van der Waals surface area contributed by atoms with E-state index in [1.807, 2.05) is 0 Å². The predicted octanol–water partition coefficient (Wildman–Crippen LogP) is 2.79. The molecule has 0 unspecified atom stereocenters. The third kappa shape index (κ3) is 4.24. The van der Waals surface area contributed by atoms with Crippen LogP contribution in [0, 0.1) is 24.4 Å². The van der Waals surface area contributed by atoms with Crippen LogP contribution in [0.15, 0.2) is 52.1 Å². The molecule has 0 aliphatic rings. The van der Waals surface area contributed by atoms with E-state index >= 15 is 0 Å². The Morgan fingerprint density at radius 1 is 0.971 bits per heavy atom. The van der Waals surface area contributed by atoms with Crippen LogP contribution < -0.4 is 16.6 Å². The number of hydrogen-bond acceptors (Lipinski definition) is 4. The molecule has 0 spiro atoms. The van der Waals surface area contributed by atoms with Gasteiger partial charge in [0.15, 0.2) is 17.2 Å². The van der Waals surface area contributed by atoms with Crippen molar-refractivity contribution in [2.75, 3.05) is 5.32 Å². The van der Waals surface area contributed by atoms with Gasteiger partial charge in [0.05, 0.1) is 12.2 Å². The molecular weight excluding hydrogens is 451 g/mol. The highest BCUT2D eigenvalue weighted by Gasteiger charge is 2.22. The van der Waals surface area contributed by atoms with Crippen LogP contribution in [0.1, 0.15) is 18.2 Å². The summed E-state index contributed by atoms with van der Waals surface area (Å²) < 4.78 is 43.5. The Hall–Kier alpha value is -4.15. The van der Waals surface area contributed by atoms with Gasteiger partial charge in [-0.15, -0.1) is 0 Å². The van der Waals surface area contributed by atoms with Gasteiger partial charge in [-0.2, -0.15) is 5.10 Å². The molecule has 8 nitrogen and oxygen atoms in total. The van der Waals surface area contributed by atoms with Crippen molar-refractivity contribution in [2.45, 2.75) is 33.5 Å². The summed E-state index contributed by atoms with van der Waals surface area (Å²) in [7, 11) is 0. The van der Waals surface area contributed by atoms with Crippen molar-refractivity contribution in [1.29, 1.82) is 0 Å². The molecule has 34 heavy (non-hydrogen) atoms. The number of carbonyl (C=O) groups excluding carboxylic acids is 1. The van der Waals surface area contributed by atoms with E-state index in [1.54, 1.807) is 13.8 Å². The number of hydrogen-bond donors (Lipinski definition) is 1. The highest BCUT2D eigenvalue weighted by molar-refractivity contribution is 5.91. The van der Waals surface area contributed by atoms with Crippen molar-refractivity contribution in [2.24, 2.45) is 0 Å². The molecule has 0 aliphatic carbocycles. The molecule has 2 aromatic heterocycles. The molecule has 2 aromatic carbocycles. The second-order valence-corrected chi connectivity index (χ2v) is 7.66. The number of fused-ring (bicyclic) bond motifs is 1. The van der Waals surface area contributed by atoms with Crippen molar-refractivity contribution in [3.8, 4) is 0 Å². The Bertz CT molecular complexity index is 1520. The molecule has 4 rings (SSSR count). The van der Waals surface area contributed by atoms with Crippen molar-refractivity contribution in [3.63, 3.8) is 0 Å². The fraction of sp³-hybridized carbons (Fsp3) is 0.217. The molecule has 0 bridgehead atoms. The minimum Gasteiger partial charge on any atom is -0.324 e. The highest BCUT2D eigenvalue weighted by atomic mass is 19.2. The minimum absolute atomic E-state index is 0.00815. The summed E-state index contributed by atoms with van der Waals surface area (Å²) >= 11 is 0. The van der Waals surface area contributed by atoms with E-state index in [4.69, 9.17) is 0 Å². The third-order valence-electron chi connectivity index (χ3n) is 5.33. The monoisotopic (exact) mass is 471 g/mol. The average molecular weight is 471 g/mol. The first-order valence-electron chi connectivity index (χ1n) is 10.4. The lowest BCUT2D eigenvalue weighted by Crippen LogP contribution is -2.42. The largest absolute Gasteiger partial charge is 0.332 e. The fourth-order valence-corrected chi connectivity index (χ4v) is 3.77. The zero-order valence-electron chi connectivity index (χ0n) is 18.3. The minimum atomic E-state index is -1.13. The summed E-state index contributed by atoms with van der Waals surface area (Å²) in [6.45, 7) is 3.08. The maximum atomic E-state index is 13.5. The average Bonchev–Trinajstić information content (AvgIpc) is 3.14. The first-order valence-corrected chi connectivity index (χ1v) is 10.4. The zero-order valence-corrected chi connectivity index (χ0v) is 18.3. The highest BCUT2D eigenvalue weighted by Crippen LogP contribution is 2.16. The normalized spacial score (nSPS) is 11.2. The molecule has 176 valence electrons. The van der Waals surface area contributed by atoms with Crippen LogP contribution >= 0.6 is 0 Å². The van der Waals surface area contributed by atoms with E-state index in [-0.39, 0.29) is 23.3 Å². The lowest BCUT2D eigenvalue weighted by molar-refractivity contribution is -0.116. The fourth-order valence-electron chi connectivity index (χ4n) is 3.77. The molecule has 0 saturated carbocycles. The maximum absolute atomic E-state index is 13.5. The Labute approximate surface area is 190 Å². The Balaban J connectivity index is 1.81. The lowest BCUT2D eigenvalue weighted by atomic mass is 10.2. The number of rotatable bonds is 6. The third-order valence-corrected chi connectivity index (χ3v) is 5.33. The van der Waals surface area contributed by atoms with Crippen LogP contribution in [0.25, 0.3) is 11.0 Å². The second kappa shape index (κ2) is 9.00. The van der Waals surface area contributed by atoms with Gasteiger partial charge in [-0.05, 0) is 43.7 Å². The summed E-state index contributed by atoms with van der Waals surface area (Å²) in [6, 6.07) is 8.21. The number of nitrogens with zero attached hydrogens (tertiary/aromatic N) is 4. The summed E-state index contributed by atoms with van der Waals surface area (Å²) in [4.78, 5) is 39.3. The van der Waals surface area contributed by atoms with Crippen molar-refractivity contribution in [3.05, 3.63) is 92.0 Å². The van der Waals surface area contributed by atoms with Gasteiger partial charge in [-0.3, -0.25) is 23.4 Å². The molecule has 1 amide bonds. The van der Waals surface area contributed by atoms with E-state index < -0.39 is 41.2 Å².